The predicted octanol–water partition coefficient (Wildman–Crippen LogP) is 3.36. The molecule has 5 heteroatoms. The molecule has 3 N–H and O–H groups in total. The summed E-state index contributed by atoms with van der Waals surface area (Å²) >= 11 is 11.8. The molecule has 1 atom stereocenters. The van der Waals surface area contributed by atoms with E-state index >= 15 is 0 Å². The van der Waals surface area contributed by atoms with Crippen molar-refractivity contribution in [2.75, 3.05) is 5.73 Å². The maximum Gasteiger partial charge on any atom is 0.129 e. The Hall–Kier alpha value is -1.29. The summed E-state index contributed by atoms with van der Waals surface area (Å²) in [5.74, 6) is 0.296. The van der Waals surface area contributed by atoms with Crippen LogP contribution in [0.5, 0.6) is 0 Å². The number of anilines is 1. The molecule has 0 aliphatic heterocycles. The Kier molecular flexibility index (Phi) is 3.76. The third kappa shape index (κ3) is 2.75. The lowest BCUT2D eigenvalue weighted by molar-refractivity contribution is 0.220. The van der Waals surface area contributed by atoms with Gasteiger partial charge in [-0.3, -0.25) is 0 Å². The SMILES string of the molecule is Cc1cnc(N)c(C(O)c2cc(Cl)cc(Cl)c2)c1. The molecule has 0 spiro atoms. The molecular formula is C13H12Cl2N2O. The van der Waals surface area contributed by atoms with E-state index in [1.807, 2.05) is 6.92 Å². The minimum Gasteiger partial charge on any atom is -0.384 e. The van der Waals surface area contributed by atoms with Gasteiger partial charge < -0.3 is 10.8 Å². The molecule has 1 aromatic carbocycles. The van der Waals surface area contributed by atoms with Gasteiger partial charge in [-0.25, -0.2) is 4.98 Å². The lowest BCUT2D eigenvalue weighted by atomic mass is 10.0. The van der Waals surface area contributed by atoms with Crippen LogP contribution in [0.4, 0.5) is 5.82 Å². The van der Waals surface area contributed by atoms with E-state index in [-0.39, 0.29) is 0 Å². The molecular weight excluding hydrogens is 271 g/mol. The van der Waals surface area contributed by atoms with Crippen LogP contribution in [-0.2, 0) is 0 Å². The Bertz CT molecular complexity index is 567. The molecule has 1 heterocycles. The minimum atomic E-state index is -0.895. The van der Waals surface area contributed by atoms with Gasteiger partial charge in [-0.2, -0.15) is 0 Å². The van der Waals surface area contributed by atoms with Crippen LogP contribution in [0.2, 0.25) is 10.0 Å². The number of aliphatic hydroxyl groups is 1. The first kappa shape index (κ1) is 13.1. The van der Waals surface area contributed by atoms with Crippen molar-refractivity contribution in [3.63, 3.8) is 0 Å². The molecule has 0 bridgehead atoms. The number of aromatic nitrogens is 1. The quantitative estimate of drug-likeness (QED) is 0.888. The molecule has 0 aliphatic rings. The fourth-order valence-corrected chi connectivity index (χ4v) is 2.28. The number of pyridine rings is 1. The van der Waals surface area contributed by atoms with E-state index in [1.165, 1.54) is 0 Å². The Labute approximate surface area is 115 Å². The van der Waals surface area contributed by atoms with Crippen LogP contribution in [0.15, 0.2) is 30.5 Å². The number of hydrogen-bond acceptors (Lipinski definition) is 3. The highest BCUT2D eigenvalue weighted by molar-refractivity contribution is 6.34. The first-order valence-corrected chi connectivity index (χ1v) is 6.09. The molecule has 94 valence electrons. The lowest BCUT2D eigenvalue weighted by Gasteiger charge is -2.14. The summed E-state index contributed by atoms with van der Waals surface area (Å²) in [4.78, 5) is 4.02. The second-order valence-electron chi connectivity index (χ2n) is 4.09. The molecule has 1 aromatic heterocycles. The molecule has 18 heavy (non-hydrogen) atoms. The average Bonchev–Trinajstić information content (AvgIpc) is 2.30. The smallest absolute Gasteiger partial charge is 0.129 e. The maximum atomic E-state index is 10.3. The predicted molar refractivity (Wildman–Crippen MR) is 73.9 cm³/mol. The summed E-state index contributed by atoms with van der Waals surface area (Å²) in [7, 11) is 0. The summed E-state index contributed by atoms with van der Waals surface area (Å²) in [6.07, 6.45) is 0.754. The van der Waals surface area contributed by atoms with E-state index in [0.717, 1.165) is 5.56 Å². The zero-order valence-corrected chi connectivity index (χ0v) is 11.2. The van der Waals surface area contributed by atoms with Gasteiger partial charge in [0.2, 0.25) is 0 Å². The average molecular weight is 283 g/mol. The van der Waals surface area contributed by atoms with Crippen molar-refractivity contribution >= 4 is 29.0 Å². The van der Waals surface area contributed by atoms with Gasteiger partial charge in [0.15, 0.2) is 0 Å². The molecule has 0 fully saturated rings. The van der Waals surface area contributed by atoms with Gasteiger partial charge >= 0.3 is 0 Å². The summed E-state index contributed by atoms with van der Waals surface area (Å²) in [5.41, 5.74) is 7.83. The summed E-state index contributed by atoms with van der Waals surface area (Å²) in [6.45, 7) is 1.88. The van der Waals surface area contributed by atoms with Crippen molar-refractivity contribution in [3.05, 3.63) is 57.2 Å². The second kappa shape index (κ2) is 5.14. The molecule has 0 radical (unpaired) electrons. The van der Waals surface area contributed by atoms with Gasteiger partial charge in [-0.1, -0.05) is 23.2 Å². The second-order valence-corrected chi connectivity index (χ2v) is 4.97. The van der Waals surface area contributed by atoms with Crippen LogP contribution in [0.1, 0.15) is 22.8 Å². The van der Waals surface area contributed by atoms with Crippen molar-refractivity contribution < 1.29 is 5.11 Å². The van der Waals surface area contributed by atoms with Gasteiger partial charge in [-0.15, -0.1) is 0 Å². The maximum absolute atomic E-state index is 10.3. The minimum absolute atomic E-state index is 0.296. The Morgan fingerprint density at radius 3 is 2.39 bits per heavy atom. The van der Waals surface area contributed by atoms with Gasteiger partial charge in [0, 0.05) is 21.8 Å². The lowest BCUT2D eigenvalue weighted by Crippen LogP contribution is -2.06. The molecule has 0 saturated carbocycles. The molecule has 1 unspecified atom stereocenters. The number of halogens is 2. The monoisotopic (exact) mass is 282 g/mol. The number of hydrogen-bond donors (Lipinski definition) is 2. The molecule has 0 saturated heterocycles. The topological polar surface area (TPSA) is 59.1 Å². The fraction of sp³-hybridized carbons (Fsp3) is 0.154. The van der Waals surface area contributed by atoms with Crippen molar-refractivity contribution in [2.45, 2.75) is 13.0 Å². The summed E-state index contributed by atoms with van der Waals surface area (Å²) in [5, 5.41) is 11.2. The van der Waals surface area contributed by atoms with Crippen LogP contribution >= 0.6 is 23.2 Å². The number of benzene rings is 1. The number of aliphatic hydroxyl groups excluding tert-OH is 1. The number of rotatable bonds is 2. The highest BCUT2D eigenvalue weighted by Gasteiger charge is 2.15. The molecule has 2 aromatic rings. The van der Waals surface area contributed by atoms with Crippen molar-refractivity contribution in [1.82, 2.24) is 4.98 Å². The van der Waals surface area contributed by atoms with Gasteiger partial charge in [0.25, 0.3) is 0 Å². The van der Waals surface area contributed by atoms with Crippen molar-refractivity contribution in [3.8, 4) is 0 Å². The van der Waals surface area contributed by atoms with Crippen LogP contribution in [0.25, 0.3) is 0 Å². The third-order valence-electron chi connectivity index (χ3n) is 2.58. The van der Waals surface area contributed by atoms with E-state index < -0.39 is 6.10 Å². The molecule has 0 aliphatic carbocycles. The van der Waals surface area contributed by atoms with Crippen LogP contribution in [0.3, 0.4) is 0 Å². The first-order valence-electron chi connectivity index (χ1n) is 5.33. The fourth-order valence-electron chi connectivity index (χ4n) is 1.73. The Balaban J connectivity index is 2.47. The van der Waals surface area contributed by atoms with Gasteiger partial charge in [0.1, 0.15) is 11.9 Å². The molecule has 0 amide bonds. The highest BCUT2D eigenvalue weighted by atomic mass is 35.5. The number of nitrogen functional groups attached to an aromatic ring is 1. The standard InChI is InChI=1S/C13H12Cl2N2O/c1-7-2-11(13(16)17-6-7)12(18)8-3-9(14)5-10(15)4-8/h2-6,12,18H,1H3,(H2,16,17). The Morgan fingerprint density at radius 2 is 1.78 bits per heavy atom. The number of aryl methyl sites for hydroxylation is 1. The zero-order valence-electron chi connectivity index (χ0n) is 9.69. The van der Waals surface area contributed by atoms with Gasteiger partial charge in [-0.05, 0) is 42.3 Å². The van der Waals surface area contributed by atoms with Crippen LogP contribution in [0, 0.1) is 6.92 Å². The highest BCUT2D eigenvalue weighted by Crippen LogP contribution is 2.30. The van der Waals surface area contributed by atoms with E-state index in [9.17, 15) is 5.11 Å². The van der Waals surface area contributed by atoms with Crippen LogP contribution < -0.4 is 5.73 Å². The van der Waals surface area contributed by atoms with Crippen molar-refractivity contribution in [1.29, 1.82) is 0 Å². The van der Waals surface area contributed by atoms with E-state index in [1.54, 1.807) is 30.5 Å². The summed E-state index contributed by atoms with van der Waals surface area (Å²) in [6, 6.07) is 6.71. The van der Waals surface area contributed by atoms with E-state index in [2.05, 4.69) is 4.98 Å². The van der Waals surface area contributed by atoms with E-state index in [4.69, 9.17) is 28.9 Å². The summed E-state index contributed by atoms with van der Waals surface area (Å²) < 4.78 is 0. The van der Waals surface area contributed by atoms with Crippen molar-refractivity contribution in [2.24, 2.45) is 0 Å². The third-order valence-corrected chi connectivity index (χ3v) is 3.02. The number of nitrogens with zero attached hydrogens (tertiary/aromatic N) is 1. The molecule has 2 rings (SSSR count). The molecule has 3 nitrogen and oxygen atoms in total. The van der Waals surface area contributed by atoms with E-state index in [0.29, 0.717) is 27.0 Å². The normalized spacial score (nSPS) is 12.4. The van der Waals surface area contributed by atoms with Crippen LogP contribution in [-0.4, -0.2) is 10.1 Å². The van der Waals surface area contributed by atoms with Gasteiger partial charge in [0.05, 0.1) is 0 Å². The number of nitrogens with two attached hydrogens (primary N) is 1. The first-order chi connectivity index (χ1) is 8.47. The zero-order chi connectivity index (χ0) is 13.3. The Morgan fingerprint density at radius 1 is 1.17 bits per heavy atom. The largest absolute Gasteiger partial charge is 0.384 e.